The Hall–Kier alpha value is 0.270. The third-order valence-corrected chi connectivity index (χ3v) is 3.56. The molecule has 1 unspecified atom stereocenters. The van der Waals surface area contributed by atoms with E-state index in [9.17, 15) is 0 Å². The Kier molecular flexibility index (Phi) is 11.0. The van der Waals surface area contributed by atoms with Crippen LogP contribution in [-0.2, 0) is 0 Å². The van der Waals surface area contributed by atoms with Gasteiger partial charge in [-0.1, -0.05) is 12.8 Å². The number of rotatable bonds is 10. The standard InChI is InChI=1S/C12H27NOS/c1-12(8-11-15-3)13(2)9-6-4-5-7-10-14/h12,14H,4-11H2,1-3H3. The molecule has 3 heteroatoms. The zero-order valence-electron chi connectivity index (χ0n) is 10.5. The average molecular weight is 233 g/mol. The van der Waals surface area contributed by atoms with E-state index in [1.54, 1.807) is 0 Å². The number of hydrogen-bond acceptors (Lipinski definition) is 3. The van der Waals surface area contributed by atoms with Gasteiger partial charge in [0, 0.05) is 12.6 Å². The van der Waals surface area contributed by atoms with E-state index in [0.717, 1.165) is 6.42 Å². The van der Waals surface area contributed by atoms with E-state index < -0.39 is 0 Å². The van der Waals surface area contributed by atoms with E-state index in [1.807, 2.05) is 11.8 Å². The second-order valence-corrected chi connectivity index (χ2v) is 5.23. The second kappa shape index (κ2) is 10.8. The molecule has 92 valence electrons. The first-order valence-electron chi connectivity index (χ1n) is 6.02. The third kappa shape index (κ3) is 9.21. The highest BCUT2D eigenvalue weighted by Crippen LogP contribution is 2.08. The molecule has 15 heavy (non-hydrogen) atoms. The lowest BCUT2D eigenvalue weighted by atomic mass is 10.1. The number of thioether (sulfide) groups is 1. The Morgan fingerprint density at radius 1 is 1.20 bits per heavy atom. The van der Waals surface area contributed by atoms with Crippen LogP contribution in [0.5, 0.6) is 0 Å². The minimum Gasteiger partial charge on any atom is -0.396 e. The van der Waals surface area contributed by atoms with Crippen molar-refractivity contribution in [1.29, 1.82) is 0 Å². The smallest absolute Gasteiger partial charge is 0.0431 e. The summed E-state index contributed by atoms with van der Waals surface area (Å²) >= 11 is 1.93. The Balaban J connectivity index is 3.34. The summed E-state index contributed by atoms with van der Waals surface area (Å²) in [7, 11) is 2.22. The number of aliphatic hydroxyl groups is 1. The molecule has 0 rings (SSSR count). The number of nitrogens with zero attached hydrogens (tertiary/aromatic N) is 1. The minimum absolute atomic E-state index is 0.347. The summed E-state index contributed by atoms with van der Waals surface area (Å²) in [6.07, 6.45) is 8.10. The van der Waals surface area contributed by atoms with Crippen molar-refractivity contribution >= 4 is 11.8 Å². The van der Waals surface area contributed by atoms with Crippen LogP contribution < -0.4 is 0 Å². The van der Waals surface area contributed by atoms with Crippen LogP contribution in [0.15, 0.2) is 0 Å². The summed E-state index contributed by atoms with van der Waals surface area (Å²) in [6, 6.07) is 0.704. The molecule has 2 nitrogen and oxygen atoms in total. The highest BCUT2D eigenvalue weighted by Gasteiger charge is 2.07. The van der Waals surface area contributed by atoms with E-state index in [0.29, 0.717) is 12.6 Å². The summed E-state index contributed by atoms with van der Waals surface area (Å²) in [6.45, 7) is 3.85. The molecule has 0 aliphatic carbocycles. The van der Waals surface area contributed by atoms with Gasteiger partial charge in [0.2, 0.25) is 0 Å². The first-order valence-corrected chi connectivity index (χ1v) is 7.41. The summed E-state index contributed by atoms with van der Waals surface area (Å²) in [5, 5.41) is 8.65. The van der Waals surface area contributed by atoms with E-state index in [4.69, 9.17) is 5.11 Å². The fourth-order valence-corrected chi connectivity index (χ4v) is 2.13. The van der Waals surface area contributed by atoms with Crippen LogP contribution in [0.25, 0.3) is 0 Å². The fraction of sp³-hybridized carbons (Fsp3) is 1.00. The van der Waals surface area contributed by atoms with Gasteiger partial charge in [-0.05, 0) is 51.8 Å². The van der Waals surface area contributed by atoms with Crippen LogP contribution in [0.4, 0.5) is 0 Å². The largest absolute Gasteiger partial charge is 0.396 e. The molecule has 0 bridgehead atoms. The van der Waals surface area contributed by atoms with E-state index >= 15 is 0 Å². The molecular weight excluding hydrogens is 206 g/mol. The molecule has 0 aromatic carbocycles. The second-order valence-electron chi connectivity index (χ2n) is 4.25. The van der Waals surface area contributed by atoms with Gasteiger partial charge in [0.05, 0.1) is 0 Å². The van der Waals surface area contributed by atoms with Crippen LogP contribution in [0.3, 0.4) is 0 Å². The summed E-state index contributed by atoms with van der Waals surface area (Å²) in [5.74, 6) is 1.26. The lowest BCUT2D eigenvalue weighted by molar-refractivity contribution is 0.243. The van der Waals surface area contributed by atoms with E-state index in [1.165, 1.54) is 38.0 Å². The molecule has 0 radical (unpaired) electrons. The Morgan fingerprint density at radius 2 is 1.87 bits per heavy atom. The van der Waals surface area contributed by atoms with Crippen molar-refractivity contribution in [2.24, 2.45) is 0 Å². The predicted molar refractivity (Wildman–Crippen MR) is 70.6 cm³/mol. The van der Waals surface area contributed by atoms with Crippen molar-refractivity contribution in [3.63, 3.8) is 0 Å². The van der Waals surface area contributed by atoms with Gasteiger partial charge in [0.1, 0.15) is 0 Å². The molecule has 0 amide bonds. The van der Waals surface area contributed by atoms with Crippen LogP contribution >= 0.6 is 11.8 Å². The third-order valence-electron chi connectivity index (χ3n) is 2.91. The molecule has 0 aromatic rings. The molecule has 0 aliphatic rings. The number of aliphatic hydroxyl groups excluding tert-OH is 1. The summed E-state index contributed by atoms with van der Waals surface area (Å²) in [4.78, 5) is 2.45. The van der Waals surface area contributed by atoms with Crippen LogP contribution in [0, 0.1) is 0 Å². The predicted octanol–water partition coefficient (Wildman–Crippen LogP) is 2.61. The van der Waals surface area contributed by atoms with Crippen molar-refractivity contribution in [1.82, 2.24) is 4.90 Å². The Bertz CT molecular complexity index is 133. The van der Waals surface area contributed by atoms with Crippen molar-refractivity contribution in [2.75, 3.05) is 32.2 Å². The maximum absolute atomic E-state index is 8.65. The Labute approximate surface area is 99.4 Å². The van der Waals surface area contributed by atoms with Gasteiger partial charge in [-0.2, -0.15) is 11.8 Å². The van der Waals surface area contributed by atoms with Crippen molar-refractivity contribution < 1.29 is 5.11 Å². The monoisotopic (exact) mass is 233 g/mol. The normalized spacial score (nSPS) is 13.4. The van der Waals surface area contributed by atoms with Gasteiger partial charge < -0.3 is 10.0 Å². The lowest BCUT2D eigenvalue weighted by Crippen LogP contribution is -2.30. The van der Waals surface area contributed by atoms with Crippen molar-refractivity contribution in [2.45, 2.75) is 45.1 Å². The van der Waals surface area contributed by atoms with Crippen LogP contribution in [0.1, 0.15) is 39.0 Å². The van der Waals surface area contributed by atoms with Gasteiger partial charge in [0.25, 0.3) is 0 Å². The maximum atomic E-state index is 8.65. The van der Waals surface area contributed by atoms with Gasteiger partial charge in [0.15, 0.2) is 0 Å². The van der Waals surface area contributed by atoms with Gasteiger partial charge in [-0.3, -0.25) is 0 Å². The molecule has 0 aliphatic heterocycles. The maximum Gasteiger partial charge on any atom is 0.0431 e. The van der Waals surface area contributed by atoms with E-state index in [2.05, 4.69) is 25.1 Å². The first-order chi connectivity index (χ1) is 7.22. The molecule has 0 saturated carbocycles. The molecule has 1 N–H and O–H groups in total. The van der Waals surface area contributed by atoms with Gasteiger partial charge in [-0.25, -0.2) is 0 Å². The summed E-state index contributed by atoms with van der Waals surface area (Å²) < 4.78 is 0. The molecule has 0 heterocycles. The fourth-order valence-electron chi connectivity index (χ4n) is 1.56. The zero-order chi connectivity index (χ0) is 11.5. The van der Waals surface area contributed by atoms with Crippen LogP contribution in [0.2, 0.25) is 0 Å². The summed E-state index contributed by atoms with van der Waals surface area (Å²) in [5.41, 5.74) is 0. The van der Waals surface area contributed by atoms with Crippen LogP contribution in [-0.4, -0.2) is 48.3 Å². The Morgan fingerprint density at radius 3 is 2.47 bits per heavy atom. The first kappa shape index (κ1) is 15.3. The SMILES string of the molecule is CSCCC(C)N(C)CCCCCCO. The number of unbranched alkanes of at least 4 members (excludes halogenated alkanes) is 3. The average Bonchev–Trinajstić information content (AvgIpc) is 2.25. The van der Waals surface area contributed by atoms with Crippen molar-refractivity contribution in [3.8, 4) is 0 Å². The molecule has 1 atom stereocenters. The topological polar surface area (TPSA) is 23.5 Å². The molecule has 0 saturated heterocycles. The van der Waals surface area contributed by atoms with E-state index in [-0.39, 0.29) is 0 Å². The zero-order valence-corrected chi connectivity index (χ0v) is 11.4. The molecule has 0 spiro atoms. The highest BCUT2D eigenvalue weighted by molar-refractivity contribution is 7.98. The molecular formula is C12H27NOS. The van der Waals surface area contributed by atoms with Gasteiger partial charge >= 0.3 is 0 Å². The van der Waals surface area contributed by atoms with Crippen molar-refractivity contribution in [3.05, 3.63) is 0 Å². The van der Waals surface area contributed by atoms with Gasteiger partial charge in [-0.15, -0.1) is 0 Å². The molecule has 0 fully saturated rings. The highest BCUT2D eigenvalue weighted by atomic mass is 32.2. The quantitative estimate of drug-likeness (QED) is 0.587. The lowest BCUT2D eigenvalue weighted by Gasteiger charge is -2.24. The minimum atomic E-state index is 0.347. The molecule has 0 aromatic heterocycles. The number of hydrogen-bond donors (Lipinski definition) is 1.